The molecule has 1 rings (SSSR count). The smallest absolute Gasteiger partial charge is 0.292 e. The number of halogens is 9. The SMILES string of the molecule is NP(N)(=O)O[C@H](c1ccccc1)C(F)(F)C(F)(F)C(F)(F)C(F)(F)F. The van der Waals surface area contributed by atoms with Crippen molar-refractivity contribution in [3.05, 3.63) is 35.9 Å². The molecule has 0 heterocycles. The van der Waals surface area contributed by atoms with Crippen molar-refractivity contribution in [1.82, 2.24) is 0 Å². The maximum Gasteiger partial charge on any atom is 0.460 e. The van der Waals surface area contributed by atoms with Crippen molar-refractivity contribution in [3.63, 3.8) is 0 Å². The van der Waals surface area contributed by atoms with E-state index in [1.165, 1.54) is 6.07 Å². The van der Waals surface area contributed by atoms with Gasteiger partial charge in [0.25, 0.3) is 0 Å². The van der Waals surface area contributed by atoms with E-state index in [1.54, 1.807) is 0 Å². The quantitative estimate of drug-likeness (QED) is 0.549. The van der Waals surface area contributed by atoms with E-state index in [2.05, 4.69) is 15.5 Å². The molecule has 0 amide bonds. The van der Waals surface area contributed by atoms with E-state index in [0.717, 1.165) is 12.1 Å². The van der Waals surface area contributed by atoms with E-state index in [0.29, 0.717) is 12.1 Å². The first kappa shape index (κ1) is 21.7. The van der Waals surface area contributed by atoms with Crippen LogP contribution in [-0.2, 0) is 9.09 Å². The first-order valence-corrected chi connectivity index (χ1v) is 7.82. The molecule has 0 fully saturated rings. The predicted octanol–water partition coefficient (Wildman–Crippen LogP) is 4.24. The standard InChI is InChI=1S/C11H10F9N2O2P/c12-8(13,9(14,15)10(16,17)11(18,19)20)7(24-25(21,22)23)6-4-2-1-3-5-6/h1-5,7H,(H4,21,22,23)/t7-/m1/s1. The Morgan fingerprint density at radius 2 is 1.28 bits per heavy atom. The maximum absolute atomic E-state index is 14.0. The lowest BCUT2D eigenvalue weighted by atomic mass is 9.94. The summed E-state index contributed by atoms with van der Waals surface area (Å²) in [5, 5.41) is 0. The van der Waals surface area contributed by atoms with Gasteiger partial charge in [0.2, 0.25) is 0 Å². The zero-order valence-electron chi connectivity index (χ0n) is 11.8. The van der Waals surface area contributed by atoms with Crippen molar-refractivity contribution in [3.8, 4) is 0 Å². The highest BCUT2D eigenvalue weighted by atomic mass is 31.2. The van der Waals surface area contributed by atoms with Crippen molar-refractivity contribution in [1.29, 1.82) is 0 Å². The van der Waals surface area contributed by atoms with Gasteiger partial charge < -0.3 is 0 Å². The van der Waals surface area contributed by atoms with Crippen LogP contribution in [0.2, 0.25) is 0 Å². The van der Waals surface area contributed by atoms with Gasteiger partial charge in [-0.3, -0.25) is 9.09 Å². The Balaban J connectivity index is 3.53. The molecule has 4 N–H and O–H groups in total. The highest BCUT2D eigenvalue weighted by Crippen LogP contribution is 2.58. The Bertz CT molecular complexity index is 645. The van der Waals surface area contributed by atoms with Gasteiger partial charge in [-0.2, -0.15) is 39.5 Å². The Labute approximate surface area is 134 Å². The van der Waals surface area contributed by atoms with Crippen molar-refractivity contribution in [2.75, 3.05) is 0 Å². The summed E-state index contributed by atoms with van der Waals surface area (Å²) in [5.41, 5.74) is 8.26. The van der Waals surface area contributed by atoms with Crippen LogP contribution < -0.4 is 11.0 Å². The fourth-order valence-electron chi connectivity index (χ4n) is 1.68. The fourth-order valence-corrected chi connectivity index (χ4v) is 2.26. The second-order valence-electron chi connectivity index (χ2n) is 4.81. The van der Waals surface area contributed by atoms with Gasteiger partial charge in [-0.15, -0.1) is 0 Å². The minimum absolute atomic E-state index is 0.635. The molecule has 4 nitrogen and oxygen atoms in total. The largest absolute Gasteiger partial charge is 0.460 e. The molecule has 0 unspecified atom stereocenters. The zero-order valence-corrected chi connectivity index (χ0v) is 12.7. The third-order valence-corrected chi connectivity index (χ3v) is 3.41. The summed E-state index contributed by atoms with van der Waals surface area (Å²) in [6, 6.07) is 4.37. The lowest BCUT2D eigenvalue weighted by molar-refractivity contribution is -0.405. The van der Waals surface area contributed by atoms with Crippen molar-refractivity contribution in [2.24, 2.45) is 11.0 Å². The van der Waals surface area contributed by atoms with Gasteiger partial charge in [-0.1, -0.05) is 30.3 Å². The molecule has 0 aliphatic heterocycles. The van der Waals surface area contributed by atoms with E-state index >= 15 is 0 Å². The molecule has 1 aromatic carbocycles. The highest BCUT2D eigenvalue weighted by molar-refractivity contribution is 7.53. The molecule has 14 heteroatoms. The van der Waals surface area contributed by atoms with Crippen LogP contribution in [0.5, 0.6) is 0 Å². The average molecular weight is 404 g/mol. The third-order valence-electron chi connectivity index (χ3n) is 2.87. The summed E-state index contributed by atoms with van der Waals surface area (Å²) in [4.78, 5) is 0. The van der Waals surface area contributed by atoms with Crippen LogP contribution in [0, 0.1) is 0 Å². The summed E-state index contributed by atoms with van der Waals surface area (Å²) >= 11 is 0. The molecular weight excluding hydrogens is 394 g/mol. The molecule has 0 bridgehead atoms. The first-order chi connectivity index (χ1) is 11.0. The average Bonchev–Trinajstić information content (AvgIpc) is 2.43. The molecule has 0 aromatic heterocycles. The Kier molecular flexibility index (Phi) is 5.61. The van der Waals surface area contributed by atoms with E-state index in [1.807, 2.05) is 0 Å². The summed E-state index contributed by atoms with van der Waals surface area (Å²) in [5.74, 6) is -20.3. The molecule has 1 atom stereocenters. The van der Waals surface area contributed by atoms with Gasteiger partial charge in [0.1, 0.15) is 0 Å². The molecule has 25 heavy (non-hydrogen) atoms. The topological polar surface area (TPSA) is 78.3 Å². The summed E-state index contributed by atoms with van der Waals surface area (Å²) in [6.45, 7) is 0. The number of hydrogen-bond donors (Lipinski definition) is 2. The maximum atomic E-state index is 14.0. The number of nitrogens with two attached hydrogens (primary N) is 2. The second kappa shape index (κ2) is 6.45. The molecular formula is C11H10F9N2O2P. The minimum atomic E-state index is -7.13. The normalized spacial score (nSPS) is 16.0. The molecule has 0 saturated heterocycles. The first-order valence-electron chi connectivity index (χ1n) is 6.06. The number of alkyl halides is 9. The van der Waals surface area contributed by atoms with Crippen LogP contribution in [0.1, 0.15) is 11.7 Å². The van der Waals surface area contributed by atoms with Gasteiger partial charge in [-0.05, 0) is 5.56 Å². The Hall–Kier alpha value is -1.30. The highest BCUT2D eigenvalue weighted by Gasteiger charge is 2.83. The molecule has 0 aliphatic carbocycles. The molecule has 0 radical (unpaired) electrons. The predicted molar refractivity (Wildman–Crippen MR) is 67.1 cm³/mol. The van der Waals surface area contributed by atoms with E-state index in [-0.39, 0.29) is 0 Å². The molecule has 0 aliphatic rings. The second-order valence-corrected chi connectivity index (χ2v) is 6.31. The number of benzene rings is 1. The van der Waals surface area contributed by atoms with Crippen LogP contribution in [0.15, 0.2) is 30.3 Å². The lowest BCUT2D eigenvalue weighted by Crippen LogP contribution is -2.62. The van der Waals surface area contributed by atoms with E-state index in [4.69, 9.17) is 0 Å². The summed E-state index contributed by atoms with van der Waals surface area (Å²) < 4.78 is 133. The van der Waals surface area contributed by atoms with Gasteiger partial charge in [0, 0.05) is 0 Å². The number of rotatable bonds is 6. The minimum Gasteiger partial charge on any atom is -0.292 e. The van der Waals surface area contributed by atoms with Gasteiger partial charge in [-0.25, -0.2) is 11.0 Å². The number of hydrogen-bond acceptors (Lipinski definition) is 2. The van der Waals surface area contributed by atoms with Crippen LogP contribution >= 0.6 is 7.67 Å². The Morgan fingerprint density at radius 3 is 1.64 bits per heavy atom. The summed E-state index contributed by atoms with van der Waals surface area (Å²) in [6.07, 6.45) is -10.5. The van der Waals surface area contributed by atoms with Gasteiger partial charge in [0.15, 0.2) is 6.10 Å². The monoisotopic (exact) mass is 404 g/mol. The zero-order chi connectivity index (χ0) is 19.9. The van der Waals surface area contributed by atoms with E-state index in [9.17, 15) is 44.1 Å². The van der Waals surface area contributed by atoms with E-state index < -0.39 is 43.3 Å². The molecule has 144 valence electrons. The fraction of sp³-hybridized carbons (Fsp3) is 0.455. The molecule has 0 saturated carbocycles. The molecule has 0 spiro atoms. The van der Waals surface area contributed by atoms with Crippen LogP contribution in [0.25, 0.3) is 0 Å². The Morgan fingerprint density at radius 1 is 0.840 bits per heavy atom. The van der Waals surface area contributed by atoms with Crippen molar-refractivity contribution >= 4 is 7.67 Å². The van der Waals surface area contributed by atoms with Crippen LogP contribution in [0.3, 0.4) is 0 Å². The van der Waals surface area contributed by atoms with Crippen molar-refractivity contribution in [2.45, 2.75) is 30.0 Å². The third kappa shape index (κ3) is 4.10. The van der Waals surface area contributed by atoms with Crippen LogP contribution in [0.4, 0.5) is 39.5 Å². The molecule has 1 aromatic rings. The van der Waals surface area contributed by atoms with Crippen molar-refractivity contribution < 1.29 is 48.6 Å². The summed E-state index contributed by atoms with van der Waals surface area (Å²) in [7, 11) is -4.99. The van der Waals surface area contributed by atoms with Gasteiger partial charge >= 0.3 is 31.6 Å². The lowest BCUT2D eigenvalue weighted by Gasteiger charge is -2.37. The van der Waals surface area contributed by atoms with Crippen LogP contribution in [-0.4, -0.2) is 23.9 Å². The van der Waals surface area contributed by atoms with Gasteiger partial charge in [0.05, 0.1) is 0 Å².